The van der Waals surface area contributed by atoms with Gasteiger partial charge in [-0.2, -0.15) is 0 Å². The average molecular weight is 661 g/mol. The molecule has 1 aliphatic rings. The smallest absolute Gasteiger partial charge is 0.338 e. The summed E-state index contributed by atoms with van der Waals surface area (Å²) in [5, 5.41) is 0. The molecule has 1 saturated heterocycles. The minimum atomic E-state index is -1.40. The van der Waals surface area contributed by atoms with Crippen LogP contribution in [-0.4, -0.2) is 66.2 Å². The summed E-state index contributed by atoms with van der Waals surface area (Å²) in [6.45, 7) is -0.400. The molecule has 5 rings (SSSR count). The first kappa shape index (κ1) is 32.7. The van der Waals surface area contributed by atoms with E-state index in [-0.39, 0.29) is 16.7 Å². The number of rotatable bonds is 11. The second-order valence-electron chi connectivity index (χ2n) is 10.00. The SMILES string of the molecule is O=C(CCl)OC[C@H]1O[C@@H](Sc2ccccc2)[C@H](OC(=O)c2ccccc2)[C@@H](OC(=O)c2ccccc2)[C@H]1OC(=O)c1ccccc1. The first-order valence-corrected chi connectivity index (χ1v) is 15.7. The van der Waals surface area contributed by atoms with Crippen LogP contribution in [0.1, 0.15) is 31.1 Å². The summed E-state index contributed by atoms with van der Waals surface area (Å²) in [7, 11) is 0. The van der Waals surface area contributed by atoms with Crippen molar-refractivity contribution in [3.05, 3.63) is 138 Å². The Hall–Kier alpha value is -4.64. The predicted molar refractivity (Wildman–Crippen MR) is 170 cm³/mol. The molecule has 1 heterocycles. The normalized spacial score (nSPS) is 20.6. The van der Waals surface area contributed by atoms with E-state index in [4.69, 9.17) is 35.3 Å². The average Bonchev–Trinajstić information content (AvgIpc) is 3.11. The van der Waals surface area contributed by atoms with Crippen LogP contribution < -0.4 is 0 Å². The maximum absolute atomic E-state index is 13.5. The lowest BCUT2D eigenvalue weighted by molar-refractivity contribution is -0.211. The number of hydrogen-bond acceptors (Lipinski definition) is 10. The molecule has 0 bridgehead atoms. The van der Waals surface area contributed by atoms with Gasteiger partial charge in [0.1, 0.15) is 24.0 Å². The molecule has 4 aromatic rings. The van der Waals surface area contributed by atoms with Crippen LogP contribution in [0.2, 0.25) is 0 Å². The van der Waals surface area contributed by atoms with Gasteiger partial charge in [-0.3, -0.25) is 4.79 Å². The minimum absolute atomic E-state index is 0.214. The van der Waals surface area contributed by atoms with E-state index in [1.807, 2.05) is 30.3 Å². The summed E-state index contributed by atoms with van der Waals surface area (Å²) >= 11 is 6.88. The molecule has 0 aliphatic carbocycles. The quantitative estimate of drug-likeness (QED) is 0.108. The highest BCUT2D eigenvalue weighted by Gasteiger charge is 2.53. The first-order valence-electron chi connectivity index (χ1n) is 14.3. The van der Waals surface area contributed by atoms with Crippen molar-refractivity contribution < 1.29 is 42.9 Å². The summed E-state index contributed by atoms with van der Waals surface area (Å²) in [6, 6.07) is 33.8. The molecule has 0 spiro atoms. The molecular formula is C35H29ClO9S. The highest BCUT2D eigenvalue weighted by atomic mass is 35.5. The van der Waals surface area contributed by atoms with Gasteiger partial charge >= 0.3 is 23.9 Å². The van der Waals surface area contributed by atoms with E-state index in [1.165, 1.54) is 11.8 Å². The number of benzene rings is 4. The van der Waals surface area contributed by atoms with Gasteiger partial charge in [-0.15, -0.1) is 11.6 Å². The molecular weight excluding hydrogens is 632 g/mol. The Bertz CT molecular complexity index is 1610. The van der Waals surface area contributed by atoms with Crippen molar-refractivity contribution in [3.63, 3.8) is 0 Å². The van der Waals surface area contributed by atoms with Gasteiger partial charge in [0.2, 0.25) is 0 Å². The number of carbonyl (C=O) groups excluding carboxylic acids is 4. The molecule has 11 heteroatoms. The molecule has 0 radical (unpaired) electrons. The van der Waals surface area contributed by atoms with E-state index < -0.39 is 66.2 Å². The highest BCUT2D eigenvalue weighted by Crippen LogP contribution is 2.38. The molecule has 0 amide bonds. The third kappa shape index (κ3) is 8.54. The highest BCUT2D eigenvalue weighted by molar-refractivity contribution is 7.99. The molecule has 5 atom stereocenters. The summed E-state index contributed by atoms with van der Waals surface area (Å²) in [5.41, 5.74) is -0.330. The second-order valence-corrected chi connectivity index (χ2v) is 11.4. The van der Waals surface area contributed by atoms with Crippen LogP contribution in [0.25, 0.3) is 0 Å². The standard InChI is InChI=1S/C35H29ClO9S/c36-21-28(37)41-22-27-29(43-32(38)23-13-5-1-6-14-23)30(44-33(39)24-15-7-2-8-16-24)31(45-34(40)25-17-9-3-10-18-25)35(42-27)46-26-19-11-4-12-20-26/h1-20,27,29-31,35H,21-22H2/t27-,29+,30+,31-,35+/m1/s1. The van der Waals surface area contributed by atoms with Crippen molar-refractivity contribution in [3.8, 4) is 0 Å². The number of alkyl halides is 1. The second kappa shape index (κ2) is 16.1. The Morgan fingerprint density at radius 1 is 0.587 bits per heavy atom. The van der Waals surface area contributed by atoms with Crippen molar-refractivity contribution in [2.24, 2.45) is 0 Å². The molecule has 0 N–H and O–H groups in total. The Labute approximate surface area is 274 Å². The van der Waals surface area contributed by atoms with E-state index in [0.717, 1.165) is 4.90 Å². The fraction of sp³-hybridized carbons (Fsp3) is 0.200. The molecule has 236 valence electrons. The van der Waals surface area contributed by atoms with Crippen LogP contribution >= 0.6 is 23.4 Å². The lowest BCUT2D eigenvalue weighted by Gasteiger charge is -2.44. The van der Waals surface area contributed by atoms with Gasteiger partial charge in [0.15, 0.2) is 18.3 Å². The van der Waals surface area contributed by atoms with Crippen LogP contribution in [0.15, 0.2) is 126 Å². The number of esters is 4. The molecule has 0 aromatic heterocycles. The van der Waals surface area contributed by atoms with Gasteiger partial charge in [-0.25, -0.2) is 14.4 Å². The number of halogens is 1. The van der Waals surface area contributed by atoms with Crippen LogP contribution in [-0.2, 0) is 28.5 Å². The van der Waals surface area contributed by atoms with E-state index in [9.17, 15) is 19.2 Å². The Kier molecular flexibility index (Phi) is 11.4. The number of thioether (sulfide) groups is 1. The molecule has 4 aromatic carbocycles. The molecule has 0 unspecified atom stereocenters. The number of ether oxygens (including phenoxy) is 5. The van der Waals surface area contributed by atoms with Crippen molar-refractivity contribution in [1.29, 1.82) is 0 Å². The van der Waals surface area contributed by atoms with Crippen LogP contribution in [0.4, 0.5) is 0 Å². The Morgan fingerprint density at radius 2 is 1.00 bits per heavy atom. The van der Waals surface area contributed by atoms with Gasteiger partial charge in [-0.1, -0.05) is 84.6 Å². The first-order chi connectivity index (χ1) is 22.4. The van der Waals surface area contributed by atoms with Crippen molar-refractivity contribution in [2.45, 2.75) is 34.7 Å². The van der Waals surface area contributed by atoms with Gasteiger partial charge in [-0.05, 0) is 48.5 Å². The topological polar surface area (TPSA) is 114 Å². The monoisotopic (exact) mass is 660 g/mol. The molecule has 9 nitrogen and oxygen atoms in total. The third-order valence-electron chi connectivity index (χ3n) is 6.86. The fourth-order valence-electron chi connectivity index (χ4n) is 4.65. The molecule has 46 heavy (non-hydrogen) atoms. The predicted octanol–water partition coefficient (Wildman–Crippen LogP) is 5.96. The zero-order chi connectivity index (χ0) is 32.3. The third-order valence-corrected chi connectivity index (χ3v) is 8.24. The Balaban J connectivity index is 1.57. The Morgan fingerprint density at radius 3 is 1.46 bits per heavy atom. The molecule has 0 saturated carbocycles. The zero-order valence-corrected chi connectivity index (χ0v) is 25.9. The summed E-state index contributed by atoms with van der Waals surface area (Å²) < 4.78 is 29.8. The summed E-state index contributed by atoms with van der Waals surface area (Å²) in [5.74, 6) is -3.39. The van der Waals surface area contributed by atoms with Crippen molar-refractivity contribution in [2.75, 3.05) is 12.5 Å². The minimum Gasteiger partial charge on any atom is -0.462 e. The van der Waals surface area contributed by atoms with Crippen LogP contribution in [0.5, 0.6) is 0 Å². The van der Waals surface area contributed by atoms with Crippen LogP contribution in [0.3, 0.4) is 0 Å². The largest absolute Gasteiger partial charge is 0.462 e. The number of carbonyl (C=O) groups is 4. The van der Waals surface area contributed by atoms with E-state index in [0.29, 0.717) is 0 Å². The molecule has 1 fully saturated rings. The summed E-state index contributed by atoms with van der Waals surface area (Å²) in [6.07, 6.45) is -5.23. The van der Waals surface area contributed by atoms with Crippen molar-refractivity contribution >= 4 is 47.2 Å². The van der Waals surface area contributed by atoms with Gasteiger partial charge < -0.3 is 23.7 Å². The van der Waals surface area contributed by atoms with Gasteiger partial charge in [0.05, 0.1) is 16.7 Å². The molecule has 1 aliphatic heterocycles. The lowest BCUT2D eigenvalue weighted by atomic mass is 9.98. The number of hydrogen-bond donors (Lipinski definition) is 0. The van der Waals surface area contributed by atoms with E-state index in [1.54, 1.807) is 91.0 Å². The summed E-state index contributed by atoms with van der Waals surface area (Å²) in [4.78, 5) is 53.3. The van der Waals surface area contributed by atoms with Crippen LogP contribution in [0, 0.1) is 0 Å². The van der Waals surface area contributed by atoms with E-state index >= 15 is 0 Å². The maximum atomic E-state index is 13.5. The zero-order valence-electron chi connectivity index (χ0n) is 24.3. The van der Waals surface area contributed by atoms with E-state index in [2.05, 4.69) is 0 Å². The fourth-order valence-corrected chi connectivity index (χ4v) is 5.86. The lowest BCUT2D eigenvalue weighted by Crippen LogP contribution is -2.61. The van der Waals surface area contributed by atoms with Crippen molar-refractivity contribution in [1.82, 2.24) is 0 Å². The van der Waals surface area contributed by atoms with Gasteiger partial charge in [0, 0.05) is 4.90 Å². The maximum Gasteiger partial charge on any atom is 0.338 e. The van der Waals surface area contributed by atoms with Gasteiger partial charge in [0.25, 0.3) is 0 Å².